The van der Waals surface area contributed by atoms with Crippen LogP contribution >= 0.6 is 0 Å². The average molecular weight is 293 g/mol. The molecular formula is C16H31N5. The van der Waals surface area contributed by atoms with Crippen LogP contribution in [0.3, 0.4) is 0 Å². The molecule has 1 aromatic rings. The Morgan fingerprint density at radius 1 is 1.14 bits per heavy atom. The van der Waals surface area contributed by atoms with E-state index in [4.69, 9.17) is 0 Å². The quantitative estimate of drug-likeness (QED) is 0.758. The summed E-state index contributed by atoms with van der Waals surface area (Å²) in [7, 11) is 6.33. The lowest BCUT2D eigenvalue weighted by Crippen LogP contribution is -2.26. The fourth-order valence-electron chi connectivity index (χ4n) is 2.34. The zero-order chi connectivity index (χ0) is 15.8. The fraction of sp³-hybridized carbons (Fsp3) is 0.750. The normalized spacial score (nSPS) is 11.2. The average Bonchev–Trinajstić information content (AvgIpc) is 2.43. The predicted octanol–water partition coefficient (Wildman–Crippen LogP) is 2.81. The molecule has 0 saturated carbocycles. The summed E-state index contributed by atoms with van der Waals surface area (Å²) < 4.78 is 0. The maximum Gasteiger partial charge on any atom is 0.137 e. The van der Waals surface area contributed by atoms with Crippen LogP contribution in [-0.4, -0.2) is 55.6 Å². The van der Waals surface area contributed by atoms with Gasteiger partial charge in [-0.15, -0.1) is 0 Å². The summed E-state index contributed by atoms with van der Waals surface area (Å²) in [5.41, 5.74) is 1.22. The minimum absolute atomic E-state index is 0.400. The van der Waals surface area contributed by atoms with Crippen LogP contribution in [0.25, 0.3) is 0 Å². The van der Waals surface area contributed by atoms with Crippen LogP contribution in [0.15, 0.2) is 6.33 Å². The molecule has 0 aromatic carbocycles. The molecule has 0 radical (unpaired) electrons. The highest BCUT2D eigenvalue weighted by Gasteiger charge is 2.17. The van der Waals surface area contributed by atoms with Crippen LogP contribution in [0, 0.1) is 0 Å². The van der Waals surface area contributed by atoms with Gasteiger partial charge >= 0.3 is 0 Å². The largest absolute Gasteiger partial charge is 0.370 e. The smallest absolute Gasteiger partial charge is 0.137 e. The number of nitrogens with zero attached hydrogens (tertiary/aromatic N) is 4. The van der Waals surface area contributed by atoms with Crippen molar-refractivity contribution in [2.75, 3.05) is 51.0 Å². The summed E-state index contributed by atoms with van der Waals surface area (Å²) in [6, 6.07) is 0. The van der Waals surface area contributed by atoms with Crippen molar-refractivity contribution in [3.05, 3.63) is 11.9 Å². The third-order valence-corrected chi connectivity index (χ3v) is 3.44. The van der Waals surface area contributed by atoms with E-state index in [-0.39, 0.29) is 0 Å². The van der Waals surface area contributed by atoms with Crippen LogP contribution in [0.4, 0.5) is 11.6 Å². The molecule has 5 nitrogen and oxygen atoms in total. The molecule has 0 unspecified atom stereocenters. The third-order valence-electron chi connectivity index (χ3n) is 3.44. The number of rotatable bonds is 9. The summed E-state index contributed by atoms with van der Waals surface area (Å²) >= 11 is 0. The first-order valence-electron chi connectivity index (χ1n) is 7.92. The monoisotopic (exact) mass is 293 g/mol. The SMILES string of the molecule is CCCNc1ncnc(N(C)CCCN(C)C)c1C(C)C. The summed E-state index contributed by atoms with van der Waals surface area (Å²) in [5.74, 6) is 2.44. The van der Waals surface area contributed by atoms with E-state index in [0.29, 0.717) is 5.92 Å². The van der Waals surface area contributed by atoms with Crippen LogP contribution in [0.5, 0.6) is 0 Å². The van der Waals surface area contributed by atoms with Gasteiger partial charge in [0.05, 0.1) is 0 Å². The van der Waals surface area contributed by atoms with Crippen LogP contribution in [-0.2, 0) is 0 Å². The molecule has 0 spiro atoms. The van der Waals surface area contributed by atoms with Gasteiger partial charge in [-0.2, -0.15) is 0 Å². The molecule has 0 saturated heterocycles. The first-order valence-corrected chi connectivity index (χ1v) is 7.92. The summed E-state index contributed by atoms with van der Waals surface area (Å²) in [4.78, 5) is 13.4. The maximum atomic E-state index is 4.53. The number of hydrogen-bond donors (Lipinski definition) is 1. The zero-order valence-corrected chi connectivity index (χ0v) is 14.5. The molecular weight excluding hydrogens is 262 g/mol. The van der Waals surface area contributed by atoms with Crippen molar-refractivity contribution in [2.24, 2.45) is 0 Å². The van der Waals surface area contributed by atoms with Crippen LogP contribution in [0.2, 0.25) is 0 Å². The van der Waals surface area contributed by atoms with Crippen molar-refractivity contribution >= 4 is 11.6 Å². The Labute approximate surface area is 129 Å². The standard InChI is InChI=1S/C16H31N5/c1-7-9-17-15-14(13(2)3)16(19-12-18-15)21(6)11-8-10-20(4)5/h12-13H,7-11H2,1-6H3,(H,17,18,19). The van der Waals surface area contributed by atoms with Crippen LogP contribution in [0.1, 0.15) is 45.1 Å². The van der Waals surface area contributed by atoms with Gasteiger partial charge in [-0.25, -0.2) is 9.97 Å². The lowest BCUT2D eigenvalue weighted by atomic mass is 10.0. The zero-order valence-electron chi connectivity index (χ0n) is 14.5. The van der Waals surface area contributed by atoms with E-state index in [1.165, 1.54) is 5.56 Å². The Morgan fingerprint density at radius 2 is 1.86 bits per heavy atom. The topological polar surface area (TPSA) is 44.3 Å². The molecule has 0 aliphatic heterocycles. The van der Waals surface area contributed by atoms with E-state index >= 15 is 0 Å². The van der Waals surface area contributed by atoms with E-state index in [0.717, 1.165) is 44.1 Å². The molecule has 0 aliphatic carbocycles. The van der Waals surface area contributed by atoms with E-state index in [1.54, 1.807) is 6.33 Å². The predicted molar refractivity (Wildman–Crippen MR) is 91.3 cm³/mol. The molecule has 1 aromatic heterocycles. The van der Waals surface area contributed by atoms with Gasteiger partial charge in [0.15, 0.2) is 0 Å². The van der Waals surface area contributed by atoms with E-state index in [9.17, 15) is 0 Å². The molecule has 0 fully saturated rings. The molecule has 1 heterocycles. The molecule has 0 aliphatic rings. The number of nitrogens with one attached hydrogen (secondary N) is 1. The van der Waals surface area contributed by atoms with Gasteiger partial charge in [0.1, 0.15) is 18.0 Å². The van der Waals surface area contributed by atoms with Gasteiger partial charge in [-0.3, -0.25) is 0 Å². The van der Waals surface area contributed by atoms with Crippen molar-refractivity contribution in [3.63, 3.8) is 0 Å². The van der Waals surface area contributed by atoms with E-state index < -0.39 is 0 Å². The van der Waals surface area contributed by atoms with Crippen molar-refractivity contribution in [1.29, 1.82) is 0 Å². The molecule has 0 amide bonds. The number of anilines is 2. The Morgan fingerprint density at radius 3 is 2.43 bits per heavy atom. The van der Waals surface area contributed by atoms with Crippen LogP contribution < -0.4 is 10.2 Å². The minimum atomic E-state index is 0.400. The van der Waals surface area contributed by atoms with Gasteiger partial charge in [-0.05, 0) is 39.4 Å². The van der Waals surface area contributed by atoms with Crippen molar-refractivity contribution < 1.29 is 0 Å². The van der Waals surface area contributed by atoms with Gasteiger partial charge < -0.3 is 15.1 Å². The lowest BCUT2D eigenvalue weighted by molar-refractivity contribution is 0.401. The first-order chi connectivity index (χ1) is 9.97. The molecule has 1 rings (SSSR count). The third kappa shape index (κ3) is 5.50. The highest BCUT2D eigenvalue weighted by Crippen LogP contribution is 2.30. The van der Waals surface area contributed by atoms with Gasteiger partial charge in [0.25, 0.3) is 0 Å². The highest BCUT2D eigenvalue weighted by molar-refractivity contribution is 5.60. The summed E-state index contributed by atoms with van der Waals surface area (Å²) in [5, 5.41) is 3.43. The lowest BCUT2D eigenvalue weighted by Gasteiger charge is -2.25. The second kappa shape index (κ2) is 8.82. The van der Waals surface area contributed by atoms with Gasteiger partial charge in [0.2, 0.25) is 0 Å². The number of aromatic nitrogens is 2. The van der Waals surface area contributed by atoms with Crippen molar-refractivity contribution in [3.8, 4) is 0 Å². The maximum absolute atomic E-state index is 4.53. The Balaban J connectivity index is 2.88. The van der Waals surface area contributed by atoms with Gasteiger partial charge in [0, 0.05) is 25.7 Å². The van der Waals surface area contributed by atoms with E-state index in [1.807, 2.05) is 0 Å². The van der Waals surface area contributed by atoms with Gasteiger partial charge in [-0.1, -0.05) is 20.8 Å². The van der Waals surface area contributed by atoms with Crippen molar-refractivity contribution in [2.45, 2.75) is 39.5 Å². The molecule has 0 atom stereocenters. The second-order valence-electron chi connectivity index (χ2n) is 6.12. The fourth-order valence-corrected chi connectivity index (χ4v) is 2.34. The molecule has 0 bridgehead atoms. The Bertz CT molecular complexity index is 417. The first kappa shape index (κ1) is 17.7. The second-order valence-corrected chi connectivity index (χ2v) is 6.12. The molecule has 1 N–H and O–H groups in total. The highest BCUT2D eigenvalue weighted by atomic mass is 15.2. The minimum Gasteiger partial charge on any atom is -0.370 e. The molecule has 120 valence electrons. The Kier molecular flexibility index (Phi) is 7.43. The number of hydrogen-bond acceptors (Lipinski definition) is 5. The summed E-state index contributed by atoms with van der Waals surface area (Å²) in [6.07, 6.45) is 3.89. The van der Waals surface area contributed by atoms with Crippen molar-refractivity contribution in [1.82, 2.24) is 14.9 Å². The van der Waals surface area contributed by atoms with E-state index in [2.05, 4.69) is 67.0 Å². The molecule has 5 heteroatoms. The Hall–Kier alpha value is -1.36. The summed E-state index contributed by atoms with van der Waals surface area (Å²) in [6.45, 7) is 9.60. The molecule has 21 heavy (non-hydrogen) atoms.